The van der Waals surface area contributed by atoms with Crippen LogP contribution in [0, 0.1) is 0 Å². The summed E-state index contributed by atoms with van der Waals surface area (Å²) in [5.41, 5.74) is 0.194. The molecular formula is C19H15ClN2O6. The average molecular weight is 403 g/mol. The predicted octanol–water partition coefficient (Wildman–Crippen LogP) is 2.82. The van der Waals surface area contributed by atoms with Crippen LogP contribution in [0.2, 0.25) is 5.02 Å². The van der Waals surface area contributed by atoms with Crippen molar-refractivity contribution in [2.45, 2.75) is 6.92 Å². The molecule has 2 aromatic rings. The number of phenols is 2. The number of benzene rings is 2. The molecule has 8 nitrogen and oxygen atoms in total. The van der Waals surface area contributed by atoms with Gasteiger partial charge >= 0.3 is 6.03 Å². The van der Waals surface area contributed by atoms with Gasteiger partial charge in [0.1, 0.15) is 11.3 Å². The van der Waals surface area contributed by atoms with Gasteiger partial charge in [-0.25, -0.2) is 9.69 Å². The first-order valence-electron chi connectivity index (χ1n) is 8.17. The molecule has 3 N–H and O–H groups in total. The fraction of sp³-hybridized carbons (Fsp3) is 0.105. The molecule has 0 saturated carbocycles. The number of aromatic hydroxyl groups is 2. The largest absolute Gasteiger partial charge is 0.508 e. The summed E-state index contributed by atoms with van der Waals surface area (Å²) < 4.78 is 5.28. The fourth-order valence-electron chi connectivity index (χ4n) is 2.60. The second-order valence-corrected chi connectivity index (χ2v) is 6.16. The number of amides is 4. The number of nitrogens with zero attached hydrogens (tertiary/aromatic N) is 1. The Balaban J connectivity index is 2.03. The van der Waals surface area contributed by atoms with Crippen molar-refractivity contribution in [3.8, 4) is 17.2 Å². The number of rotatable bonds is 4. The number of halogens is 1. The second kappa shape index (κ2) is 7.61. The number of phenolic OH excluding ortho intramolecular Hbond substituents is 2. The van der Waals surface area contributed by atoms with Crippen LogP contribution in [0.5, 0.6) is 17.2 Å². The van der Waals surface area contributed by atoms with E-state index in [0.717, 1.165) is 4.90 Å². The van der Waals surface area contributed by atoms with Gasteiger partial charge in [0.25, 0.3) is 11.8 Å². The number of hydrogen-bond acceptors (Lipinski definition) is 6. The first kappa shape index (κ1) is 19.2. The van der Waals surface area contributed by atoms with Gasteiger partial charge in [0.2, 0.25) is 0 Å². The van der Waals surface area contributed by atoms with Gasteiger partial charge in [0, 0.05) is 0 Å². The minimum absolute atomic E-state index is 0.0204. The van der Waals surface area contributed by atoms with Gasteiger partial charge in [-0.05, 0) is 55.0 Å². The predicted molar refractivity (Wildman–Crippen MR) is 101 cm³/mol. The molecule has 144 valence electrons. The van der Waals surface area contributed by atoms with E-state index in [-0.39, 0.29) is 40.1 Å². The molecule has 0 radical (unpaired) electrons. The maximum atomic E-state index is 12.8. The van der Waals surface area contributed by atoms with Gasteiger partial charge in [-0.3, -0.25) is 14.9 Å². The monoisotopic (exact) mass is 402 g/mol. The summed E-state index contributed by atoms with van der Waals surface area (Å²) in [6.45, 7) is 1.99. The van der Waals surface area contributed by atoms with Crippen LogP contribution in [-0.2, 0) is 9.59 Å². The van der Waals surface area contributed by atoms with Gasteiger partial charge in [-0.2, -0.15) is 0 Å². The van der Waals surface area contributed by atoms with E-state index < -0.39 is 17.8 Å². The molecule has 1 heterocycles. The molecule has 2 aromatic carbocycles. The first-order chi connectivity index (χ1) is 13.3. The molecule has 9 heteroatoms. The van der Waals surface area contributed by atoms with Crippen LogP contribution in [0.25, 0.3) is 6.08 Å². The number of barbiturate groups is 1. The lowest BCUT2D eigenvalue weighted by atomic mass is 10.1. The summed E-state index contributed by atoms with van der Waals surface area (Å²) in [6, 6.07) is 7.22. The average Bonchev–Trinajstić information content (AvgIpc) is 2.64. The van der Waals surface area contributed by atoms with E-state index in [1.807, 2.05) is 0 Å². The van der Waals surface area contributed by atoms with Crippen LogP contribution in [0.3, 0.4) is 0 Å². The van der Waals surface area contributed by atoms with Gasteiger partial charge in [-0.1, -0.05) is 11.6 Å². The van der Waals surface area contributed by atoms with E-state index in [1.165, 1.54) is 42.5 Å². The molecule has 4 amide bonds. The molecule has 1 fully saturated rings. The zero-order valence-electron chi connectivity index (χ0n) is 14.6. The molecule has 28 heavy (non-hydrogen) atoms. The smallest absolute Gasteiger partial charge is 0.335 e. The van der Waals surface area contributed by atoms with Gasteiger partial charge in [0.05, 0.1) is 17.3 Å². The number of anilines is 1. The van der Waals surface area contributed by atoms with E-state index >= 15 is 0 Å². The summed E-state index contributed by atoms with van der Waals surface area (Å²) in [5, 5.41) is 21.4. The molecule has 0 unspecified atom stereocenters. The number of hydrogen-bond donors (Lipinski definition) is 3. The molecule has 1 aliphatic rings. The third kappa shape index (κ3) is 3.63. The normalized spacial score (nSPS) is 15.7. The van der Waals surface area contributed by atoms with Crippen molar-refractivity contribution >= 4 is 41.2 Å². The fourth-order valence-corrected chi connectivity index (χ4v) is 2.82. The van der Waals surface area contributed by atoms with Crippen molar-refractivity contribution < 1.29 is 29.3 Å². The van der Waals surface area contributed by atoms with E-state index in [1.54, 1.807) is 6.92 Å². The van der Waals surface area contributed by atoms with Crippen molar-refractivity contribution in [1.29, 1.82) is 0 Å². The van der Waals surface area contributed by atoms with E-state index in [9.17, 15) is 24.6 Å². The van der Waals surface area contributed by atoms with Gasteiger partial charge in [-0.15, -0.1) is 0 Å². The van der Waals surface area contributed by atoms with E-state index in [0.29, 0.717) is 5.56 Å². The lowest BCUT2D eigenvalue weighted by molar-refractivity contribution is -0.122. The van der Waals surface area contributed by atoms with E-state index in [2.05, 4.69) is 5.32 Å². The molecule has 0 aromatic heterocycles. The first-order valence-corrected chi connectivity index (χ1v) is 8.55. The molecule has 0 atom stereocenters. The maximum Gasteiger partial charge on any atom is 0.335 e. The zero-order chi connectivity index (χ0) is 20.4. The Hall–Kier alpha value is -3.52. The van der Waals surface area contributed by atoms with Crippen molar-refractivity contribution in [2.75, 3.05) is 11.5 Å². The number of imide groups is 2. The molecule has 0 bridgehead atoms. The Morgan fingerprint density at radius 3 is 2.46 bits per heavy atom. The molecule has 1 saturated heterocycles. The van der Waals surface area contributed by atoms with Crippen LogP contribution in [0.15, 0.2) is 42.0 Å². The minimum Gasteiger partial charge on any atom is -0.508 e. The molecular weight excluding hydrogens is 388 g/mol. The molecule has 0 aliphatic carbocycles. The van der Waals surface area contributed by atoms with Gasteiger partial charge < -0.3 is 14.9 Å². The highest BCUT2D eigenvalue weighted by Gasteiger charge is 2.36. The van der Waals surface area contributed by atoms with E-state index in [4.69, 9.17) is 16.3 Å². The highest BCUT2D eigenvalue weighted by atomic mass is 35.5. The van der Waals surface area contributed by atoms with Crippen LogP contribution in [0.1, 0.15) is 12.5 Å². The topological polar surface area (TPSA) is 116 Å². The standard InChI is InChI=1S/C19H15ClN2O6/c1-2-28-15-9-10(8-14(20)16(15)24)7-13-17(25)21-19(27)22(18(13)26)11-3-5-12(23)6-4-11/h3-9,23-24H,2H2,1H3,(H,21,25,27)/b13-7-. The highest BCUT2D eigenvalue weighted by molar-refractivity contribution is 6.39. The van der Waals surface area contributed by atoms with Crippen molar-refractivity contribution in [3.63, 3.8) is 0 Å². The second-order valence-electron chi connectivity index (χ2n) is 5.76. The zero-order valence-corrected chi connectivity index (χ0v) is 15.4. The molecule has 1 aliphatic heterocycles. The third-order valence-corrected chi connectivity index (χ3v) is 4.16. The van der Waals surface area contributed by atoms with Crippen molar-refractivity contribution in [3.05, 3.63) is 52.6 Å². The quantitative estimate of drug-likeness (QED) is 0.535. The Bertz CT molecular complexity index is 1000. The Kier molecular flexibility index (Phi) is 5.23. The van der Waals surface area contributed by atoms with Crippen LogP contribution < -0.4 is 15.0 Å². The minimum atomic E-state index is -0.906. The molecule has 3 rings (SSSR count). The summed E-state index contributed by atoms with van der Waals surface area (Å²) in [4.78, 5) is 37.9. The summed E-state index contributed by atoms with van der Waals surface area (Å²) in [7, 11) is 0. The summed E-state index contributed by atoms with van der Waals surface area (Å²) in [6.07, 6.45) is 1.24. The van der Waals surface area contributed by atoms with Gasteiger partial charge in [0.15, 0.2) is 11.5 Å². The lowest BCUT2D eigenvalue weighted by Crippen LogP contribution is -2.54. The number of nitrogens with one attached hydrogen (secondary N) is 1. The number of carbonyl (C=O) groups excluding carboxylic acids is 3. The maximum absolute atomic E-state index is 12.8. The van der Waals surface area contributed by atoms with Crippen molar-refractivity contribution in [2.24, 2.45) is 0 Å². The van der Waals surface area contributed by atoms with Crippen LogP contribution in [0.4, 0.5) is 10.5 Å². The summed E-state index contributed by atoms with van der Waals surface area (Å²) >= 11 is 5.97. The molecule has 0 spiro atoms. The van der Waals surface area contributed by atoms with Crippen LogP contribution >= 0.6 is 11.6 Å². The van der Waals surface area contributed by atoms with Crippen molar-refractivity contribution in [1.82, 2.24) is 5.32 Å². The summed E-state index contributed by atoms with van der Waals surface area (Å²) in [5.74, 6) is -1.92. The Labute approximate surface area is 164 Å². The number of urea groups is 1. The highest BCUT2D eigenvalue weighted by Crippen LogP contribution is 2.36. The number of ether oxygens (including phenoxy) is 1. The lowest BCUT2D eigenvalue weighted by Gasteiger charge is -2.26. The Morgan fingerprint density at radius 1 is 1.14 bits per heavy atom. The van der Waals surface area contributed by atoms with Crippen LogP contribution in [-0.4, -0.2) is 34.7 Å². The Morgan fingerprint density at radius 2 is 1.82 bits per heavy atom. The number of carbonyl (C=O) groups is 3. The third-order valence-electron chi connectivity index (χ3n) is 3.87. The SMILES string of the molecule is CCOc1cc(/C=C2/C(=O)NC(=O)N(c3ccc(O)cc3)C2=O)cc(Cl)c1O.